The molecule has 0 bridgehead atoms. The highest BCUT2D eigenvalue weighted by Gasteiger charge is 2.05. The molecule has 0 unspecified atom stereocenters. The molecule has 0 saturated carbocycles. The zero-order valence-electron chi connectivity index (χ0n) is 8.69. The summed E-state index contributed by atoms with van der Waals surface area (Å²) in [5.41, 5.74) is 1.12. The normalized spacial score (nSPS) is 12.9. The van der Waals surface area contributed by atoms with E-state index in [-0.39, 0.29) is 10.8 Å². The van der Waals surface area contributed by atoms with Gasteiger partial charge in [0.15, 0.2) is 0 Å². The molecule has 1 aromatic carbocycles. The second kappa shape index (κ2) is 5.35. The summed E-state index contributed by atoms with van der Waals surface area (Å²) in [5.74, 6) is 0.306. The third-order valence-electron chi connectivity index (χ3n) is 2.35. The zero-order valence-corrected chi connectivity index (χ0v) is 9.44. The second-order valence-corrected chi connectivity index (χ2v) is 4.25. The molecule has 1 atom stereocenters. The molecule has 78 valence electrons. The quantitative estimate of drug-likeness (QED) is 0.694. The Kier molecular flexibility index (Phi) is 4.40. The van der Waals surface area contributed by atoms with Gasteiger partial charge in [0, 0.05) is 0 Å². The van der Waals surface area contributed by atoms with Crippen LogP contribution in [0.1, 0.15) is 32.3 Å². The average Bonchev–Trinajstić information content (AvgIpc) is 2.12. The van der Waals surface area contributed by atoms with Crippen molar-refractivity contribution in [3.8, 4) is 0 Å². The number of hydrogen-bond donors (Lipinski definition) is 0. The van der Waals surface area contributed by atoms with Crippen molar-refractivity contribution in [2.75, 3.05) is 0 Å². The maximum atomic E-state index is 12.9. The topological polar surface area (TPSA) is 0 Å². The molecule has 0 aliphatic carbocycles. The molecule has 14 heavy (non-hydrogen) atoms. The molecule has 0 N–H and O–H groups in total. The highest BCUT2D eigenvalue weighted by molar-refractivity contribution is 6.30. The van der Waals surface area contributed by atoms with Crippen molar-refractivity contribution in [1.82, 2.24) is 0 Å². The summed E-state index contributed by atoms with van der Waals surface area (Å²) in [6.45, 7) is 4.38. The van der Waals surface area contributed by atoms with Crippen molar-refractivity contribution in [3.05, 3.63) is 34.6 Å². The van der Waals surface area contributed by atoms with E-state index in [0.717, 1.165) is 12.0 Å². The van der Waals surface area contributed by atoms with E-state index < -0.39 is 0 Å². The van der Waals surface area contributed by atoms with Crippen molar-refractivity contribution in [2.45, 2.75) is 33.1 Å². The third kappa shape index (κ3) is 3.30. The van der Waals surface area contributed by atoms with E-state index in [1.165, 1.54) is 18.9 Å². The van der Waals surface area contributed by atoms with E-state index in [1.807, 2.05) is 6.07 Å². The highest BCUT2D eigenvalue weighted by atomic mass is 35.5. The predicted molar refractivity (Wildman–Crippen MR) is 59.2 cm³/mol. The van der Waals surface area contributed by atoms with Crippen molar-refractivity contribution >= 4 is 11.6 Å². The summed E-state index contributed by atoms with van der Waals surface area (Å²) in [5, 5.41) is 0.228. The van der Waals surface area contributed by atoms with Gasteiger partial charge in [0.2, 0.25) is 0 Å². The number of benzene rings is 1. The first-order valence-electron chi connectivity index (χ1n) is 5.07. The van der Waals surface area contributed by atoms with Gasteiger partial charge in [-0.15, -0.1) is 0 Å². The average molecular weight is 215 g/mol. The van der Waals surface area contributed by atoms with Crippen LogP contribution in [0.5, 0.6) is 0 Å². The largest absolute Gasteiger partial charge is 0.205 e. The van der Waals surface area contributed by atoms with Crippen LogP contribution in [0.15, 0.2) is 18.2 Å². The van der Waals surface area contributed by atoms with Gasteiger partial charge in [0.25, 0.3) is 0 Å². The van der Waals surface area contributed by atoms with E-state index in [2.05, 4.69) is 13.8 Å². The lowest BCUT2D eigenvalue weighted by atomic mass is 9.97. The standard InChI is InChI=1S/C12H16ClF/c1-3-4-9(2)7-10-5-6-12(14)11(13)8-10/h5-6,8-9H,3-4,7H2,1-2H3/t9-/m0/s1. The van der Waals surface area contributed by atoms with Crippen molar-refractivity contribution in [2.24, 2.45) is 5.92 Å². The molecular formula is C12H16ClF. The zero-order chi connectivity index (χ0) is 10.6. The van der Waals surface area contributed by atoms with Gasteiger partial charge in [-0.2, -0.15) is 0 Å². The lowest BCUT2D eigenvalue weighted by molar-refractivity contribution is 0.522. The van der Waals surface area contributed by atoms with Gasteiger partial charge in [0.05, 0.1) is 5.02 Å². The van der Waals surface area contributed by atoms with Gasteiger partial charge in [0.1, 0.15) is 5.82 Å². The SMILES string of the molecule is CCC[C@H](C)Cc1ccc(F)c(Cl)c1. The van der Waals surface area contributed by atoms with Crippen LogP contribution < -0.4 is 0 Å². The van der Waals surface area contributed by atoms with E-state index >= 15 is 0 Å². The van der Waals surface area contributed by atoms with Crippen LogP contribution in [-0.2, 0) is 6.42 Å². The Morgan fingerprint density at radius 2 is 2.14 bits per heavy atom. The van der Waals surface area contributed by atoms with Gasteiger partial charge >= 0.3 is 0 Å². The Morgan fingerprint density at radius 1 is 1.43 bits per heavy atom. The van der Waals surface area contributed by atoms with Crippen LogP contribution in [-0.4, -0.2) is 0 Å². The number of hydrogen-bond acceptors (Lipinski definition) is 0. The van der Waals surface area contributed by atoms with Crippen LogP contribution in [0.4, 0.5) is 4.39 Å². The first-order chi connectivity index (χ1) is 6.63. The minimum atomic E-state index is -0.335. The molecular weight excluding hydrogens is 199 g/mol. The number of rotatable bonds is 4. The van der Waals surface area contributed by atoms with Gasteiger partial charge in [-0.1, -0.05) is 44.4 Å². The molecule has 0 saturated heterocycles. The lowest BCUT2D eigenvalue weighted by Gasteiger charge is -2.10. The van der Waals surface area contributed by atoms with Crippen LogP contribution in [0, 0.1) is 11.7 Å². The summed E-state index contributed by atoms with van der Waals surface area (Å²) in [4.78, 5) is 0. The summed E-state index contributed by atoms with van der Waals surface area (Å²) in [6, 6.07) is 4.98. The summed E-state index contributed by atoms with van der Waals surface area (Å²) in [6.07, 6.45) is 3.37. The van der Waals surface area contributed by atoms with E-state index in [1.54, 1.807) is 6.07 Å². The molecule has 0 fully saturated rings. The molecule has 0 nitrogen and oxygen atoms in total. The fraction of sp³-hybridized carbons (Fsp3) is 0.500. The van der Waals surface area contributed by atoms with Crippen LogP contribution >= 0.6 is 11.6 Å². The maximum absolute atomic E-state index is 12.9. The molecule has 0 amide bonds. The molecule has 2 heteroatoms. The number of halogens is 2. The summed E-state index contributed by atoms with van der Waals surface area (Å²) >= 11 is 5.70. The van der Waals surface area contributed by atoms with E-state index in [9.17, 15) is 4.39 Å². The molecule has 0 aliphatic heterocycles. The highest BCUT2D eigenvalue weighted by Crippen LogP contribution is 2.19. The lowest BCUT2D eigenvalue weighted by Crippen LogP contribution is -1.99. The first-order valence-corrected chi connectivity index (χ1v) is 5.45. The second-order valence-electron chi connectivity index (χ2n) is 3.85. The van der Waals surface area contributed by atoms with Crippen LogP contribution in [0.3, 0.4) is 0 Å². The smallest absolute Gasteiger partial charge is 0.141 e. The predicted octanol–water partition coefficient (Wildman–Crippen LogP) is 4.46. The van der Waals surface area contributed by atoms with Crippen molar-refractivity contribution in [1.29, 1.82) is 0 Å². The van der Waals surface area contributed by atoms with Crippen molar-refractivity contribution < 1.29 is 4.39 Å². The van der Waals surface area contributed by atoms with Crippen molar-refractivity contribution in [3.63, 3.8) is 0 Å². The molecule has 0 heterocycles. The van der Waals surface area contributed by atoms with E-state index in [4.69, 9.17) is 11.6 Å². The molecule has 0 spiro atoms. The van der Waals surface area contributed by atoms with Gasteiger partial charge in [-0.05, 0) is 30.0 Å². The first kappa shape index (κ1) is 11.5. The van der Waals surface area contributed by atoms with Crippen LogP contribution in [0.2, 0.25) is 5.02 Å². The van der Waals surface area contributed by atoms with Gasteiger partial charge in [-0.25, -0.2) is 4.39 Å². The Morgan fingerprint density at radius 3 is 2.71 bits per heavy atom. The Hall–Kier alpha value is -0.560. The van der Waals surface area contributed by atoms with Crippen LogP contribution in [0.25, 0.3) is 0 Å². The summed E-state index contributed by atoms with van der Waals surface area (Å²) < 4.78 is 12.9. The molecule has 0 aromatic heterocycles. The third-order valence-corrected chi connectivity index (χ3v) is 2.64. The Balaban J connectivity index is 2.63. The fourth-order valence-electron chi connectivity index (χ4n) is 1.66. The Labute approximate surface area is 90.1 Å². The molecule has 0 aliphatic rings. The summed E-state index contributed by atoms with van der Waals surface area (Å²) in [7, 11) is 0. The van der Waals surface area contributed by atoms with E-state index in [0.29, 0.717) is 5.92 Å². The maximum Gasteiger partial charge on any atom is 0.141 e. The fourth-order valence-corrected chi connectivity index (χ4v) is 1.87. The Bertz CT molecular complexity index is 296. The molecule has 1 rings (SSSR count). The minimum Gasteiger partial charge on any atom is -0.205 e. The molecule has 1 aromatic rings. The monoisotopic (exact) mass is 214 g/mol. The van der Waals surface area contributed by atoms with Gasteiger partial charge in [-0.3, -0.25) is 0 Å². The molecule has 0 radical (unpaired) electrons. The minimum absolute atomic E-state index is 0.228. The van der Waals surface area contributed by atoms with Gasteiger partial charge < -0.3 is 0 Å².